The van der Waals surface area contributed by atoms with Crippen molar-refractivity contribution in [1.29, 1.82) is 5.26 Å². The molecule has 0 aliphatic carbocycles. The average molecular weight is 298 g/mol. The number of hydrogen-bond acceptors (Lipinski definition) is 3. The zero-order valence-corrected chi connectivity index (χ0v) is 12.1. The third-order valence-corrected chi connectivity index (χ3v) is 3.04. The second-order valence-electron chi connectivity index (χ2n) is 4.37. The van der Waals surface area contributed by atoms with E-state index >= 15 is 0 Å². The minimum absolute atomic E-state index is 0.00220. The summed E-state index contributed by atoms with van der Waals surface area (Å²) in [5.41, 5.74) is 2.14. The van der Waals surface area contributed by atoms with E-state index in [1.54, 1.807) is 42.7 Å². The Morgan fingerprint density at radius 1 is 1.43 bits per heavy atom. The molecule has 1 amide bonds. The first-order valence-corrected chi connectivity index (χ1v) is 6.57. The molecule has 0 saturated carbocycles. The molecule has 0 aliphatic rings. The Hall–Kier alpha value is -2.64. The molecule has 2 aromatic rings. The molecule has 0 bridgehead atoms. The van der Waals surface area contributed by atoms with E-state index in [0.717, 1.165) is 5.56 Å². The topological polar surface area (TPSA) is 65.8 Å². The first-order chi connectivity index (χ1) is 10.1. The fraction of sp³-hybridized carbons (Fsp3) is 0.0625. The summed E-state index contributed by atoms with van der Waals surface area (Å²) in [7, 11) is 0. The van der Waals surface area contributed by atoms with E-state index in [0.29, 0.717) is 16.3 Å². The Morgan fingerprint density at radius 2 is 2.24 bits per heavy atom. The van der Waals surface area contributed by atoms with Gasteiger partial charge in [0.15, 0.2) is 0 Å². The van der Waals surface area contributed by atoms with Crippen LogP contribution in [0.25, 0.3) is 6.08 Å². The lowest BCUT2D eigenvalue weighted by Gasteiger charge is -2.08. The van der Waals surface area contributed by atoms with Gasteiger partial charge in [-0.15, -0.1) is 0 Å². The van der Waals surface area contributed by atoms with E-state index in [1.807, 2.05) is 13.0 Å². The van der Waals surface area contributed by atoms with Gasteiger partial charge in [0.1, 0.15) is 11.6 Å². The predicted octanol–water partition coefficient (Wildman–Crippen LogP) is 3.59. The van der Waals surface area contributed by atoms with E-state index in [4.69, 9.17) is 16.9 Å². The van der Waals surface area contributed by atoms with Crippen LogP contribution in [0.2, 0.25) is 5.02 Å². The Kier molecular flexibility index (Phi) is 4.70. The number of benzene rings is 1. The number of aromatic nitrogens is 1. The fourth-order valence-electron chi connectivity index (χ4n) is 1.70. The lowest BCUT2D eigenvalue weighted by atomic mass is 10.1. The van der Waals surface area contributed by atoms with E-state index in [2.05, 4.69) is 10.3 Å². The highest BCUT2D eigenvalue weighted by Gasteiger charge is 2.11. The third-order valence-electron chi connectivity index (χ3n) is 2.81. The molecule has 1 N–H and O–H groups in total. The Morgan fingerprint density at radius 3 is 2.90 bits per heavy atom. The van der Waals surface area contributed by atoms with Gasteiger partial charge in [-0.2, -0.15) is 5.26 Å². The number of amides is 1. The number of aryl methyl sites for hydroxylation is 1. The summed E-state index contributed by atoms with van der Waals surface area (Å²) in [6.45, 7) is 1.85. The maximum atomic E-state index is 12.1. The maximum Gasteiger partial charge on any atom is 0.266 e. The molecule has 1 heterocycles. The second-order valence-corrected chi connectivity index (χ2v) is 4.81. The van der Waals surface area contributed by atoms with E-state index < -0.39 is 5.91 Å². The average Bonchev–Trinajstić information content (AvgIpc) is 2.49. The van der Waals surface area contributed by atoms with Crippen molar-refractivity contribution < 1.29 is 4.79 Å². The van der Waals surface area contributed by atoms with Crippen LogP contribution in [0.3, 0.4) is 0 Å². The molecule has 4 nitrogen and oxygen atoms in total. The molecule has 1 aromatic heterocycles. The molecule has 5 heteroatoms. The number of pyridine rings is 1. The van der Waals surface area contributed by atoms with Crippen LogP contribution in [-0.4, -0.2) is 10.9 Å². The van der Waals surface area contributed by atoms with E-state index in [1.165, 1.54) is 6.08 Å². The van der Waals surface area contributed by atoms with Crippen LogP contribution in [0.15, 0.2) is 48.3 Å². The molecule has 104 valence electrons. The zero-order chi connectivity index (χ0) is 15.2. The van der Waals surface area contributed by atoms with Crippen molar-refractivity contribution in [2.24, 2.45) is 0 Å². The molecule has 1 aromatic carbocycles. The van der Waals surface area contributed by atoms with Gasteiger partial charge in [-0.05, 0) is 42.3 Å². The number of nitriles is 1. The van der Waals surface area contributed by atoms with Gasteiger partial charge in [0.2, 0.25) is 0 Å². The summed E-state index contributed by atoms with van der Waals surface area (Å²) in [4.78, 5) is 16.1. The molecule has 0 fully saturated rings. The standard InChI is InChI=1S/C16H12ClN3O/c1-11-4-5-14(17)8-15(11)20-16(21)13(9-18)7-12-3-2-6-19-10-12/h2-8,10H,1H3,(H,20,21)/b13-7+. The van der Waals surface area contributed by atoms with Gasteiger partial charge in [-0.1, -0.05) is 23.7 Å². The fourth-order valence-corrected chi connectivity index (χ4v) is 1.87. The van der Waals surface area contributed by atoms with Crippen LogP contribution < -0.4 is 5.32 Å². The normalized spacial score (nSPS) is 10.8. The van der Waals surface area contributed by atoms with Crippen LogP contribution in [-0.2, 0) is 4.79 Å². The van der Waals surface area contributed by atoms with Crippen LogP contribution >= 0.6 is 11.6 Å². The molecule has 0 aliphatic heterocycles. The van der Waals surface area contributed by atoms with Crippen molar-refractivity contribution in [3.05, 3.63) is 64.4 Å². The van der Waals surface area contributed by atoms with Crippen molar-refractivity contribution in [1.82, 2.24) is 4.98 Å². The minimum Gasteiger partial charge on any atom is -0.321 e. The minimum atomic E-state index is -0.480. The number of rotatable bonds is 3. The highest BCUT2D eigenvalue weighted by Crippen LogP contribution is 2.21. The van der Waals surface area contributed by atoms with Crippen molar-refractivity contribution in [3.8, 4) is 6.07 Å². The van der Waals surface area contributed by atoms with Gasteiger partial charge < -0.3 is 5.32 Å². The first kappa shape index (κ1) is 14.8. The molecule has 0 spiro atoms. The first-order valence-electron chi connectivity index (χ1n) is 6.19. The predicted molar refractivity (Wildman–Crippen MR) is 82.6 cm³/mol. The molecular weight excluding hydrogens is 286 g/mol. The maximum absolute atomic E-state index is 12.1. The van der Waals surface area contributed by atoms with Crippen molar-refractivity contribution in [2.45, 2.75) is 6.92 Å². The number of hydrogen-bond donors (Lipinski definition) is 1. The van der Waals surface area contributed by atoms with Gasteiger partial charge in [0.25, 0.3) is 5.91 Å². The quantitative estimate of drug-likeness (QED) is 0.695. The molecule has 0 saturated heterocycles. The van der Waals surface area contributed by atoms with Crippen LogP contribution in [0, 0.1) is 18.3 Å². The number of carbonyl (C=O) groups excluding carboxylic acids is 1. The largest absolute Gasteiger partial charge is 0.321 e. The Labute approximate surface area is 127 Å². The number of nitrogens with one attached hydrogen (secondary N) is 1. The number of halogens is 1. The van der Waals surface area contributed by atoms with Gasteiger partial charge in [0.05, 0.1) is 0 Å². The highest BCUT2D eigenvalue weighted by molar-refractivity contribution is 6.31. The summed E-state index contributed by atoms with van der Waals surface area (Å²) in [5, 5.41) is 12.3. The lowest BCUT2D eigenvalue weighted by Crippen LogP contribution is -2.14. The van der Waals surface area contributed by atoms with Crippen molar-refractivity contribution >= 4 is 29.3 Å². The molecule has 0 radical (unpaired) electrons. The Bertz CT molecular complexity index is 733. The second kappa shape index (κ2) is 6.69. The molecular formula is C16H12ClN3O. The van der Waals surface area contributed by atoms with Gasteiger partial charge in [-0.25, -0.2) is 0 Å². The lowest BCUT2D eigenvalue weighted by molar-refractivity contribution is -0.112. The molecule has 0 atom stereocenters. The van der Waals surface area contributed by atoms with Crippen LogP contribution in [0.5, 0.6) is 0 Å². The summed E-state index contributed by atoms with van der Waals surface area (Å²) < 4.78 is 0. The van der Waals surface area contributed by atoms with Gasteiger partial charge in [-0.3, -0.25) is 9.78 Å². The van der Waals surface area contributed by atoms with Gasteiger partial charge in [0, 0.05) is 23.1 Å². The van der Waals surface area contributed by atoms with Crippen LogP contribution in [0.1, 0.15) is 11.1 Å². The van der Waals surface area contributed by atoms with Crippen molar-refractivity contribution in [3.63, 3.8) is 0 Å². The summed E-state index contributed by atoms with van der Waals surface area (Å²) in [6.07, 6.45) is 4.69. The van der Waals surface area contributed by atoms with E-state index in [-0.39, 0.29) is 5.57 Å². The summed E-state index contributed by atoms with van der Waals surface area (Å²) in [6, 6.07) is 10.6. The molecule has 0 unspecified atom stereocenters. The van der Waals surface area contributed by atoms with Crippen LogP contribution in [0.4, 0.5) is 5.69 Å². The van der Waals surface area contributed by atoms with Crippen molar-refractivity contribution in [2.75, 3.05) is 5.32 Å². The highest BCUT2D eigenvalue weighted by atomic mass is 35.5. The molecule has 21 heavy (non-hydrogen) atoms. The summed E-state index contributed by atoms with van der Waals surface area (Å²) in [5.74, 6) is -0.480. The monoisotopic (exact) mass is 297 g/mol. The van der Waals surface area contributed by atoms with Gasteiger partial charge >= 0.3 is 0 Å². The SMILES string of the molecule is Cc1ccc(Cl)cc1NC(=O)/C(C#N)=C/c1cccnc1. The van der Waals surface area contributed by atoms with E-state index in [9.17, 15) is 4.79 Å². The summed E-state index contributed by atoms with van der Waals surface area (Å²) >= 11 is 5.90. The zero-order valence-electron chi connectivity index (χ0n) is 11.3. The third kappa shape index (κ3) is 3.91. The Balaban J connectivity index is 2.24. The number of nitrogens with zero attached hydrogens (tertiary/aromatic N) is 2. The smallest absolute Gasteiger partial charge is 0.266 e. The number of carbonyl (C=O) groups is 1. The molecule has 2 rings (SSSR count). The number of anilines is 1.